The number of rotatable bonds is 5. The number of fused-ring (bicyclic) bond motifs is 1. The van der Waals surface area contributed by atoms with Crippen LogP contribution in [0.25, 0.3) is 0 Å². The maximum absolute atomic E-state index is 12.0. The summed E-state index contributed by atoms with van der Waals surface area (Å²) < 4.78 is 0. The number of carboxylic acid groups (broad SMARTS) is 1. The van der Waals surface area contributed by atoms with E-state index in [1.54, 1.807) is 6.92 Å². The van der Waals surface area contributed by atoms with Crippen molar-refractivity contribution in [3.05, 3.63) is 16.9 Å². The molecule has 0 aliphatic carbocycles. The number of aliphatic hydroxyl groups is 1. The molecule has 0 aromatic carbocycles. The lowest BCUT2D eigenvalue weighted by atomic mass is 9.92. The Labute approximate surface area is 128 Å². The van der Waals surface area contributed by atoms with Gasteiger partial charge in [-0.3, -0.25) is 14.8 Å². The molecule has 1 unspecified atom stereocenters. The van der Waals surface area contributed by atoms with E-state index in [1.807, 2.05) is 0 Å². The number of H-pyrrole nitrogens is 1. The standard InChI is InChI=1S/C11H12N4O4S2/c1-4(16)6-8(17)15-7(10(18)19)5(21-9(6)15)2-20-11-12-3-13-14-11/h3-4,6,9,16H,2H2,1H3,(H,18,19)(H,12,13,14)/t4?,6-,9+/m0/s1. The molecule has 0 spiro atoms. The smallest absolute Gasteiger partial charge is 0.353 e. The van der Waals surface area contributed by atoms with Crippen LogP contribution in [0.2, 0.25) is 0 Å². The zero-order valence-corrected chi connectivity index (χ0v) is 12.5. The van der Waals surface area contributed by atoms with Crippen molar-refractivity contribution in [3.63, 3.8) is 0 Å². The zero-order valence-electron chi connectivity index (χ0n) is 10.9. The average Bonchev–Trinajstić information content (AvgIpc) is 3.01. The minimum atomic E-state index is -1.13. The number of aromatic amines is 1. The van der Waals surface area contributed by atoms with Crippen molar-refractivity contribution in [2.24, 2.45) is 5.92 Å². The van der Waals surface area contributed by atoms with E-state index in [0.717, 1.165) is 0 Å². The van der Waals surface area contributed by atoms with Gasteiger partial charge in [-0.25, -0.2) is 9.78 Å². The number of carbonyl (C=O) groups is 2. The van der Waals surface area contributed by atoms with Crippen molar-refractivity contribution in [1.82, 2.24) is 20.1 Å². The average molecular weight is 328 g/mol. The monoisotopic (exact) mass is 328 g/mol. The van der Waals surface area contributed by atoms with Gasteiger partial charge >= 0.3 is 5.97 Å². The minimum absolute atomic E-state index is 0.0129. The summed E-state index contributed by atoms with van der Waals surface area (Å²) in [4.78, 5) is 29.2. The first-order chi connectivity index (χ1) is 10.0. The summed E-state index contributed by atoms with van der Waals surface area (Å²) in [5, 5.41) is 25.6. The van der Waals surface area contributed by atoms with Gasteiger partial charge in [-0.2, -0.15) is 5.10 Å². The van der Waals surface area contributed by atoms with Crippen molar-refractivity contribution in [3.8, 4) is 0 Å². The molecule has 2 aliphatic rings. The number of carboxylic acids is 1. The number of aromatic nitrogens is 3. The number of hydrogen-bond acceptors (Lipinski definition) is 7. The molecule has 1 fully saturated rings. The van der Waals surface area contributed by atoms with E-state index in [9.17, 15) is 19.8 Å². The molecule has 2 aliphatic heterocycles. The van der Waals surface area contributed by atoms with Gasteiger partial charge in [0.05, 0.1) is 12.0 Å². The Kier molecular flexibility index (Phi) is 3.68. The summed E-state index contributed by atoms with van der Waals surface area (Å²) in [6, 6.07) is 0. The molecule has 1 aromatic heterocycles. The van der Waals surface area contributed by atoms with Gasteiger partial charge in [-0.05, 0) is 6.92 Å². The molecule has 3 heterocycles. The molecule has 0 saturated carbocycles. The third kappa shape index (κ3) is 2.32. The molecular weight excluding hydrogens is 316 g/mol. The van der Waals surface area contributed by atoms with Gasteiger partial charge in [-0.15, -0.1) is 11.8 Å². The molecular formula is C11H12N4O4S2. The fourth-order valence-corrected chi connectivity index (χ4v) is 4.84. The Morgan fingerprint density at radius 3 is 3.00 bits per heavy atom. The number of nitrogens with zero attached hydrogens (tertiary/aromatic N) is 3. The Balaban J connectivity index is 1.79. The number of aliphatic hydroxyl groups excluding tert-OH is 1. The molecule has 3 rings (SSSR count). The first kappa shape index (κ1) is 14.4. The van der Waals surface area contributed by atoms with Crippen LogP contribution in [0.1, 0.15) is 6.92 Å². The van der Waals surface area contributed by atoms with Gasteiger partial charge in [0.25, 0.3) is 0 Å². The second-order valence-corrected chi connectivity index (χ2v) is 6.81. The summed E-state index contributed by atoms with van der Waals surface area (Å²) in [6.45, 7) is 1.54. The maximum Gasteiger partial charge on any atom is 0.353 e. The molecule has 0 radical (unpaired) electrons. The van der Waals surface area contributed by atoms with Crippen LogP contribution in [-0.2, 0) is 9.59 Å². The number of carbonyl (C=O) groups excluding carboxylic acids is 1. The second-order valence-electron chi connectivity index (χ2n) is 4.64. The minimum Gasteiger partial charge on any atom is -0.477 e. The first-order valence-electron chi connectivity index (χ1n) is 6.13. The van der Waals surface area contributed by atoms with E-state index >= 15 is 0 Å². The van der Waals surface area contributed by atoms with Gasteiger partial charge in [0, 0.05) is 10.7 Å². The highest BCUT2D eigenvalue weighted by atomic mass is 32.2. The Bertz CT molecular complexity index is 616. The number of thioether (sulfide) groups is 2. The van der Waals surface area contributed by atoms with Crippen LogP contribution < -0.4 is 0 Å². The van der Waals surface area contributed by atoms with Gasteiger partial charge < -0.3 is 10.2 Å². The van der Waals surface area contributed by atoms with Crippen molar-refractivity contribution in [2.75, 3.05) is 5.75 Å². The van der Waals surface area contributed by atoms with Crippen LogP contribution in [0.15, 0.2) is 22.1 Å². The zero-order chi connectivity index (χ0) is 15.1. The maximum atomic E-state index is 12.0. The van der Waals surface area contributed by atoms with Crippen molar-refractivity contribution >= 4 is 35.4 Å². The van der Waals surface area contributed by atoms with E-state index < -0.39 is 18.0 Å². The topological polar surface area (TPSA) is 119 Å². The lowest BCUT2D eigenvalue weighted by Crippen LogP contribution is -2.60. The van der Waals surface area contributed by atoms with Gasteiger partial charge in [0.2, 0.25) is 5.91 Å². The van der Waals surface area contributed by atoms with Crippen molar-refractivity contribution in [1.29, 1.82) is 0 Å². The Hall–Kier alpha value is -1.52. The molecule has 1 aromatic rings. The molecule has 8 nitrogen and oxygen atoms in total. The van der Waals surface area contributed by atoms with Gasteiger partial charge in [0.15, 0.2) is 5.16 Å². The van der Waals surface area contributed by atoms with E-state index in [4.69, 9.17) is 0 Å². The number of β-lactam (4-membered cyclic amide) rings is 1. The fraction of sp³-hybridized carbons (Fsp3) is 0.455. The normalized spacial score (nSPS) is 25.8. The fourth-order valence-electron chi connectivity index (χ4n) is 2.35. The van der Waals surface area contributed by atoms with Gasteiger partial charge in [-0.1, -0.05) is 11.8 Å². The Morgan fingerprint density at radius 2 is 2.43 bits per heavy atom. The molecule has 10 heteroatoms. The number of nitrogens with one attached hydrogen (secondary N) is 1. The third-order valence-electron chi connectivity index (χ3n) is 3.31. The van der Waals surface area contributed by atoms with E-state index in [0.29, 0.717) is 15.8 Å². The summed E-state index contributed by atoms with van der Waals surface area (Å²) in [6.07, 6.45) is 0.583. The van der Waals surface area contributed by atoms with Crippen LogP contribution in [0, 0.1) is 5.92 Å². The lowest BCUT2D eigenvalue weighted by molar-refractivity contribution is -0.156. The number of amides is 1. The molecule has 21 heavy (non-hydrogen) atoms. The number of hydrogen-bond donors (Lipinski definition) is 3. The lowest BCUT2D eigenvalue weighted by Gasteiger charge is -2.43. The summed E-state index contributed by atoms with van der Waals surface area (Å²) in [5.41, 5.74) is 0.0129. The van der Waals surface area contributed by atoms with Crippen LogP contribution in [0.4, 0.5) is 0 Å². The predicted octanol–water partition coefficient (Wildman–Crippen LogP) is 0.105. The van der Waals surface area contributed by atoms with Crippen LogP contribution in [0.3, 0.4) is 0 Å². The summed E-state index contributed by atoms with van der Waals surface area (Å²) in [5.74, 6) is -1.62. The Morgan fingerprint density at radius 1 is 1.67 bits per heavy atom. The van der Waals surface area contributed by atoms with Crippen LogP contribution in [-0.4, -0.2) is 59.4 Å². The van der Waals surface area contributed by atoms with Crippen LogP contribution >= 0.6 is 23.5 Å². The highest BCUT2D eigenvalue weighted by molar-refractivity contribution is 8.06. The largest absolute Gasteiger partial charge is 0.477 e. The second kappa shape index (κ2) is 5.35. The highest BCUT2D eigenvalue weighted by Crippen LogP contribution is 2.51. The quantitative estimate of drug-likeness (QED) is 0.514. The molecule has 1 amide bonds. The summed E-state index contributed by atoms with van der Waals surface area (Å²) in [7, 11) is 0. The van der Waals surface area contributed by atoms with Crippen molar-refractivity contribution in [2.45, 2.75) is 23.6 Å². The SMILES string of the molecule is CC(O)[C@H]1C(=O)N2C(C(=O)O)=C(CSc3ncn[nH]3)S[C@H]12. The highest BCUT2D eigenvalue weighted by Gasteiger charge is 2.57. The number of aliphatic carboxylic acids is 1. The van der Waals surface area contributed by atoms with E-state index in [2.05, 4.69) is 15.2 Å². The van der Waals surface area contributed by atoms with Crippen molar-refractivity contribution < 1.29 is 19.8 Å². The molecule has 112 valence electrons. The first-order valence-corrected chi connectivity index (χ1v) is 7.99. The molecule has 0 bridgehead atoms. The summed E-state index contributed by atoms with van der Waals surface area (Å²) >= 11 is 2.64. The molecule has 1 saturated heterocycles. The van der Waals surface area contributed by atoms with E-state index in [1.165, 1.54) is 34.8 Å². The third-order valence-corrected chi connectivity index (χ3v) is 5.76. The molecule has 3 N–H and O–H groups in total. The predicted molar refractivity (Wildman–Crippen MR) is 75.2 cm³/mol. The van der Waals surface area contributed by atoms with Crippen LogP contribution in [0.5, 0.6) is 0 Å². The molecule has 3 atom stereocenters. The van der Waals surface area contributed by atoms with E-state index in [-0.39, 0.29) is 17.0 Å². The van der Waals surface area contributed by atoms with Gasteiger partial charge in [0.1, 0.15) is 17.4 Å².